The lowest BCUT2D eigenvalue weighted by molar-refractivity contribution is -0.122. The number of fused-ring (bicyclic) bond motifs is 1. The average molecular weight is 521 g/mol. The van der Waals surface area contributed by atoms with Gasteiger partial charge in [0.25, 0.3) is 11.8 Å². The first-order valence-electron chi connectivity index (χ1n) is 12.8. The van der Waals surface area contributed by atoms with Gasteiger partial charge in [0.2, 0.25) is 0 Å². The van der Waals surface area contributed by atoms with Crippen LogP contribution < -0.4 is 19.7 Å². The Hall–Kier alpha value is -4.91. The number of carbonyl (C=O) groups excluding carboxylic acids is 3. The van der Waals surface area contributed by atoms with Gasteiger partial charge in [-0.1, -0.05) is 61.5 Å². The molecular weight excluding hydrogens is 492 g/mol. The fourth-order valence-corrected chi connectivity index (χ4v) is 4.43. The fourth-order valence-electron chi connectivity index (χ4n) is 4.43. The number of nitrogens with one attached hydrogen (secondary N) is 1. The van der Waals surface area contributed by atoms with Gasteiger partial charge in [0.15, 0.2) is 11.5 Å². The van der Waals surface area contributed by atoms with Gasteiger partial charge in [0.05, 0.1) is 12.3 Å². The number of rotatable bonds is 8. The topological polar surface area (TPSA) is 84.9 Å². The molecule has 1 N–H and O–H groups in total. The first kappa shape index (κ1) is 25.7. The summed E-state index contributed by atoms with van der Waals surface area (Å²) in [5, 5.41) is 4.56. The van der Waals surface area contributed by atoms with Crippen LogP contribution in [0, 0.1) is 0 Å². The molecule has 0 saturated carbocycles. The number of nitrogens with zero attached hydrogens (tertiary/aromatic N) is 1. The second-order valence-corrected chi connectivity index (χ2v) is 9.09. The third-order valence-corrected chi connectivity index (χ3v) is 6.49. The Labute approximate surface area is 226 Å². The highest BCUT2D eigenvalue weighted by Gasteiger charge is 2.36. The van der Waals surface area contributed by atoms with Crippen molar-refractivity contribution >= 4 is 40.4 Å². The van der Waals surface area contributed by atoms with E-state index in [1.807, 2.05) is 44.2 Å². The molecule has 7 heteroatoms. The Morgan fingerprint density at radius 2 is 1.51 bits per heavy atom. The predicted octanol–water partition coefficient (Wildman–Crippen LogP) is 6.05. The highest BCUT2D eigenvalue weighted by molar-refractivity contribution is 6.39. The molecule has 0 radical (unpaired) electrons. The molecule has 1 heterocycles. The largest absolute Gasteiger partial charge is 0.490 e. The van der Waals surface area contributed by atoms with Gasteiger partial charge in [-0.05, 0) is 77.2 Å². The van der Waals surface area contributed by atoms with Crippen LogP contribution in [0.1, 0.15) is 30.5 Å². The zero-order valence-electron chi connectivity index (χ0n) is 21.8. The summed E-state index contributed by atoms with van der Waals surface area (Å²) in [5.74, 6) is -0.414. The highest BCUT2D eigenvalue weighted by atomic mass is 16.5. The SMILES string of the molecule is CCOc1cc(/C=C2/C(=O)NC(=O)N(c3ccc(CC)cc3)C2=O)ccc1OCc1ccc2ccccc2c1. The zero-order chi connectivity index (χ0) is 27.4. The van der Waals surface area contributed by atoms with Gasteiger partial charge in [-0.2, -0.15) is 0 Å². The number of benzene rings is 4. The van der Waals surface area contributed by atoms with Crippen molar-refractivity contribution in [1.29, 1.82) is 0 Å². The van der Waals surface area contributed by atoms with E-state index < -0.39 is 17.8 Å². The summed E-state index contributed by atoms with van der Waals surface area (Å²) in [6.07, 6.45) is 2.28. The summed E-state index contributed by atoms with van der Waals surface area (Å²) in [6.45, 7) is 4.63. The molecule has 0 aromatic heterocycles. The number of amides is 4. The van der Waals surface area contributed by atoms with Crippen molar-refractivity contribution in [3.05, 3.63) is 107 Å². The number of imide groups is 2. The summed E-state index contributed by atoms with van der Waals surface area (Å²) in [7, 11) is 0. The maximum Gasteiger partial charge on any atom is 0.335 e. The molecule has 4 aromatic carbocycles. The van der Waals surface area contributed by atoms with Crippen LogP contribution in [0.4, 0.5) is 10.5 Å². The minimum absolute atomic E-state index is 0.151. The molecule has 0 spiro atoms. The van der Waals surface area contributed by atoms with E-state index in [4.69, 9.17) is 9.47 Å². The lowest BCUT2D eigenvalue weighted by Crippen LogP contribution is -2.54. The number of anilines is 1. The predicted molar refractivity (Wildman–Crippen MR) is 151 cm³/mol. The van der Waals surface area contributed by atoms with Crippen LogP contribution in [0.3, 0.4) is 0 Å². The van der Waals surface area contributed by atoms with Gasteiger partial charge >= 0.3 is 6.03 Å². The van der Waals surface area contributed by atoms with Gasteiger partial charge in [-0.3, -0.25) is 14.9 Å². The number of urea groups is 1. The van der Waals surface area contributed by atoms with Gasteiger partial charge in [-0.15, -0.1) is 0 Å². The maximum absolute atomic E-state index is 13.3. The van der Waals surface area contributed by atoms with Crippen LogP contribution >= 0.6 is 0 Å². The Morgan fingerprint density at radius 1 is 0.769 bits per heavy atom. The van der Waals surface area contributed by atoms with E-state index in [1.54, 1.807) is 30.3 Å². The lowest BCUT2D eigenvalue weighted by Gasteiger charge is -2.26. The Bertz CT molecular complexity index is 1590. The van der Waals surface area contributed by atoms with E-state index in [1.165, 1.54) is 6.08 Å². The summed E-state index contributed by atoms with van der Waals surface area (Å²) < 4.78 is 11.9. The van der Waals surface area contributed by atoms with Crippen molar-refractivity contribution < 1.29 is 23.9 Å². The quantitative estimate of drug-likeness (QED) is 0.226. The van der Waals surface area contributed by atoms with Gasteiger partial charge in [0.1, 0.15) is 12.2 Å². The number of aryl methyl sites for hydroxylation is 1. The van der Waals surface area contributed by atoms with E-state index in [0.29, 0.717) is 36.0 Å². The van der Waals surface area contributed by atoms with Crippen LogP contribution in [-0.4, -0.2) is 24.5 Å². The molecule has 196 valence electrons. The van der Waals surface area contributed by atoms with E-state index in [-0.39, 0.29) is 5.57 Å². The van der Waals surface area contributed by atoms with Crippen molar-refractivity contribution in [2.24, 2.45) is 0 Å². The molecule has 1 aliphatic heterocycles. The molecule has 1 fully saturated rings. The van der Waals surface area contributed by atoms with Crippen molar-refractivity contribution in [3.8, 4) is 11.5 Å². The third-order valence-electron chi connectivity index (χ3n) is 6.49. The Morgan fingerprint density at radius 3 is 2.26 bits per heavy atom. The smallest absolute Gasteiger partial charge is 0.335 e. The second kappa shape index (κ2) is 11.2. The van der Waals surface area contributed by atoms with E-state index in [9.17, 15) is 14.4 Å². The average Bonchev–Trinajstić information content (AvgIpc) is 2.95. The molecule has 4 aromatic rings. The highest BCUT2D eigenvalue weighted by Crippen LogP contribution is 2.31. The molecule has 0 unspecified atom stereocenters. The normalized spacial score (nSPS) is 14.6. The Kier molecular flexibility index (Phi) is 7.41. The number of ether oxygens (including phenoxy) is 2. The molecule has 39 heavy (non-hydrogen) atoms. The number of hydrogen-bond acceptors (Lipinski definition) is 5. The first-order chi connectivity index (χ1) is 19.0. The number of barbiturate groups is 1. The molecule has 0 aliphatic carbocycles. The van der Waals surface area contributed by atoms with E-state index in [2.05, 4.69) is 29.6 Å². The van der Waals surface area contributed by atoms with Crippen LogP contribution in [0.2, 0.25) is 0 Å². The van der Waals surface area contributed by atoms with E-state index >= 15 is 0 Å². The molecule has 0 bridgehead atoms. The number of hydrogen-bond donors (Lipinski definition) is 1. The Balaban J connectivity index is 1.39. The molecule has 4 amide bonds. The molecule has 1 saturated heterocycles. The standard InChI is InChI=1S/C32H28N2O5/c1-3-21-10-14-26(15-11-21)34-31(36)27(30(35)33-32(34)37)18-22-12-16-28(29(19-22)38-4-2)39-20-23-9-13-24-7-5-6-8-25(24)17-23/h5-19H,3-4,20H2,1-2H3,(H,33,35,37)/b27-18-. The number of carbonyl (C=O) groups is 3. The van der Waals surface area contributed by atoms with Gasteiger partial charge in [0, 0.05) is 0 Å². The van der Waals surface area contributed by atoms with Gasteiger partial charge in [-0.25, -0.2) is 9.69 Å². The summed E-state index contributed by atoms with van der Waals surface area (Å²) in [5.41, 5.74) is 2.89. The van der Waals surface area contributed by atoms with Crippen molar-refractivity contribution in [2.45, 2.75) is 26.9 Å². The molecule has 5 rings (SSSR count). The maximum atomic E-state index is 13.3. The fraction of sp³-hybridized carbons (Fsp3) is 0.156. The minimum Gasteiger partial charge on any atom is -0.490 e. The summed E-state index contributed by atoms with van der Waals surface area (Å²) >= 11 is 0. The molecular formula is C32H28N2O5. The minimum atomic E-state index is -0.779. The van der Waals surface area contributed by atoms with Crippen molar-refractivity contribution in [3.63, 3.8) is 0 Å². The molecule has 1 aliphatic rings. The van der Waals surface area contributed by atoms with Crippen LogP contribution in [0.5, 0.6) is 11.5 Å². The zero-order valence-corrected chi connectivity index (χ0v) is 21.8. The molecule has 7 nitrogen and oxygen atoms in total. The first-order valence-corrected chi connectivity index (χ1v) is 12.8. The third kappa shape index (κ3) is 5.52. The van der Waals surface area contributed by atoms with Crippen molar-refractivity contribution in [2.75, 3.05) is 11.5 Å². The van der Waals surface area contributed by atoms with Crippen LogP contribution in [0.15, 0.2) is 90.5 Å². The monoisotopic (exact) mass is 520 g/mol. The van der Waals surface area contributed by atoms with Crippen LogP contribution in [0.25, 0.3) is 16.8 Å². The summed E-state index contributed by atoms with van der Waals surface area (Å²) in [4.78, 5) is 39.4. The van der Waals surface area contributed by atoms with E-state index in [0.717, 1.165) is 33.2 Å². The van der Waals surface area contributed by atoms with Gasteiger partial charge < -0.3 is 9.47 Å². The molecule has 0 atom stereocenters. The second-order valence-electron chi connectivity index (χ2n) is 9.09. The van der Waals surface area contributed by atoms with Crippen molar-refractivity contribution in [1.82, 2.24) is 5.32 Å². The summed E-state index contributed by atoms with van der Waals surface area (Å²) in [6, 6.07) is 25.8. The van der Waals surface area contributed by atoms with Crippen LogP contribution in [-0.2, 0) is 22.6 Å². The lowest BCUT2D eigenvalue weighted by atomic mass is 10.1.